The van der Waals surface area contributed by atoms with E-state index in [9.17, 15) is 8.78 Å². The number of allylic oxidation sites excluding steroid dienone is 2. The topological polar surface area (TPSA) is 18.5 Å². The van der Waals surface area contributed by atoms with E-state index in [4.69, 9.17) is 9.47 Å². The van der Waals surface area contributed by atoms with Crippen molar-refractivity contribution in [1.82, 2.24) is 0 Å². The van der Waals surface area contributed by atoms with Crippen LogP contribution < -0.4 is 0 Å². The van der Waals surface area contributed by atoms with Crippen molar-refractivity contribution in [3.05, 3.63) is 95.1 Å². The Labute approximate surface area is 254 Å². The van der Waals surface area contributed by atoms with Gasteiger partial charge >= 0.3 is 0 Å². The van der Waals surface area contributed by atoms with Crippen LogP contribution in [0.1, 0.15) is 95.5 Å². The van der Waals surface area contributed by atoms with Gasteiger partial charge in [-0.3, -0.25) is 0 Å². The number of ether oxygens (including phenoxy) is 2. The van der Waals surface area contributed by atoms with Gasteiger partial charge in [0.2, 0.25) is 0 Å². The van der Waals surface area contributed by atoms with Crippen LogP contribution >= 0.6 is 0 Å². The molecule has 43 heavy (non-hydrogen) atoms. The Hall–Kier alpha value is -2.96. The van der Waals surface area contributed by atoms with Gasteiger partial charge in [-0.1, -0.05) is 126 Å². The molecular formula is C37H44F4O2. The van der Waals surface area contributed by atoms with Crippen molar-refractivity contribution in [2.24, 2.45) is 5.92 Å². The van der Waals surface area contributed by atoms with Crippen LogP contribution in [0.15, 0.2) is 60.7 Å². The zero-order chi connectivity index (χ0) is 30.6. The van der Waals surface area contributed by atoms with E-state index in [0.29, 0.717) is 30.8 Å². The largest absolute Gasteiger partial charge is 0.348 e. The summed E-state index contributed by atoms with van der Waals surface area (Å²) in [5.74, 6) is -3.54. The number of halogens is 4. The number of rotatable bonds is 15. The van der Waals surface area contributed by atoms with Gasteiger partial charge in [-0.15, -0.1) is 0 Å². The zero-order valence-corrected chi connectivity index (χ0v) is 25.4. The van der Waals surface area contributed by atoms with Gasteiger partial charge in [0, 0.05) is 22.6 Å². The van der Waals surface area contributed by atoms with Crippen molar-refractivity contribution in [2.75, 3.05) is 13.2 Å². The third-order valence-electron chi connectivity index (χ3n) is 8.18. The Morgan fingerprint density at radius 2 is 1.21 bits per heavy atom. The molecule has 4 rings (SSSR count). The first-order chi connectivity index (χ1) is 20.9. The molecule has 0 unspecified atom stereocenters. The average Bonchev–Trinajstić information content (AvgIpc) is 3.03. The maximum atomic E-state index is 15.2. The Kier molecular flexibility index (Phi) is 12.8. The molecule has 0 atom stereocenters. The average molecular weight is 597 g/mol. The van der Waals surface area contributed by atoms with E-state index in [0.717, 1.165) is 25.7 Å². The molecule has 3 aromatic rings. The van der Waals surface area contributed by atoms with Crippen molar-refractivity contribution in [3.8, 4) is 22.3 Å². The van der Waals surface area contributed by atoms with Crippen molar-refractivity contribution >= 4 is 0 Å². The Bertz CT molecular complexity index is 1330. The minimum atomic E-state index is -1.01. The normalized spacial score (nSPS) is 17.2. The van der Waals surface area contributed by atoms with E-state index in [1.54, 1.807) is 36.4 Å². The van der Waals surface area contributed by atoms with Gasteiger partial charge in [0.25, 0.3) is 0 Å². The summed E-state index contributed by atoms with van der Waals surface area (Å²) in [5.41, 5.74) is 1.38. The van der Waals surface area contributed by atoms with Crippen molar-refractivity contribution in [3.63, 3.8) is 0 Å². The van der Waals surface area contributed by atoms with E-state index >= 15 is 8.78 Å². The van der Waals surface area contributed by atoms with Crippen molar-refractivity contribution in [2.45, 2.75) is 90.8 Å². The molecule has 1 aliphatic rings. The molecule has 0 radical (unpaired) electrons. The van der Waals surface area contributed by atoms with Gasteiger partial charge in [-0.25, -0.2) is 17.6 Å². The second-order valence-electron chi connectivity index (χ2n) is 11.5. The lowest BCUT2D eigenvalue weighted by atomic mass is 9.97. The van der Waals surface area contributed by atoms with Crippen molar-refractivity contribution < 1.29 is 27.0 Å². The molecular weight excluding hydrogens is 552 g/mol. The fourth-order valence-electron chi connectivity index (χ4n) is 5.54. The van der Waals surface area contributed by atoms with Gasteiger partial charge in [0.15, 0.2) is 29.6 Å². The summed E-state index contributed by atoms with van der Waals surface area (Å²) in [6, 6.07) is 12.4. The van der Waals surface area contributed by atoms with E-state index in [2.05, 4.69) is 13.8 Å². The van der Waals surface area contributed by atoms with Crippen LogP contribution in [0.3, 0.4) is 0 Å². The van der Waals surface area contributed by atoms with E-state index < -0.39 is 29.6 Å². The molecule has 6 heteroatoms. The van der Waals surface area contributed by atoms with Crippen LogP contribution in [0, 0.1) is 29.2 Å². The molecule has 0 spiro atoms. The smallest absolute Gasteiger partial charge is 0.186 e. The highest BCUT2D eigenvalue weighted by molar-refractivity contribution is 5.71. The molecule has 0 saturated carbocycles. The standard InChI is InChI=1S/C37H44F4O2/c1-3-5-7-9-10-11-12-14-26-24-42-37(43-25-26)32-23-22-31(35(40)36(32)41)28-18-16-27(17-19-28)30-21-20-29(33(38)34(30)39)15-13-8-6-4-2/h8,13,16-23,26,37H,3-7,9-12,14-15,24-25H2,1-2H3. The summed E-state index contributed by atoms with van der Waals surface area (Å²) in [6.45, 7) is 5.18. The third kappa shape index (κ3) is 8.79. The molecule has 2 nitrogen and oxygen atoms in total. The van der Waals surface area contributed by atoms with Crippen LogP contribution in [-0.4, -0.2) is 13.2 Å². The highest BCUT2D eigenvalue weighted by Gasteiger charge is 2.28. The number of hydrogen-bond donors (Lipinski definition) is 0. The Morgan fingerprint density at radius 1 is 0.628 bits per heavy atom. The van der Waals surface area contributed by atoms with Crippen LogP contribution in [0.2, 0.25) is 0 Å². The highest BCUT2D eigenvalue weighted by atomic mass is 19.2. The predicted octanol–water partition coefficient (Wildman–Crippen LogP) is 11.3. The van der Waals surface area contributed by atoms with Gasteiger partial charge in [-0.05, 0) is 36.0 Å². The minimum Gasteiger partial charge on any atom is -0.348 e. The number of unbranched alkanes of at least 4 members (excludes halogenated alkanes) is 7. The second-order valence-corrected chi connectivity index (χ2v) is 11.5. The minimum absolute atomic E-state index is 0.0365. The quantitative estimate of drug-likeness (QED) is 0.0987. The molecule has 1 heterocycles. The SMILES string of the molecule is CCCC=CCc1ccc(-c2ccc(-c3ccc(C4OCC(CCCCCCCCC)CO4)c(F)c3F)cc2)c(F)c1F. The molecule has 0 aliphatic carbocycles. The lowest BCUT2D eigenvalue weighted by molar-refractivity contribution is -0.207. The zero-order valence-electron chi connectivity index (χ0n) is 25.4. The molecule has 3 aromatic carbocycles. The van der Waals surface area contributed by atoms with Gasteiger partial charge < -0.3 is 9.47 Å². The Balaban J connectivity index is 1.36. The van der Waals surface area contributed by atoms with Crippen LogP contribution in [0.4, 0.5) is 17.6 Å². The van der Waals surface area contributed by atoms with Crippen LogP contribution in [0.25, 0.3) is 22.3 Å². The first-order valence-corrected chi connectivity index (χ1v) is 15.9. The van der Waals surface area contributed by atoms with Crippen LogP contribution in [-0.2, 0) is 15.9 Å². The lowest BCUT2D eigenvalue weighted by Gasteiger charge is -2.30. The van der Waals surface area contributed by atoms with Gasteiger partial charge in [0.05, 0.1) is 13.2 Å². The molecule has 0 amide bonds. The monoisotopic (exact) mass is 596 g/mol. The maximum Gasteiger partial charge on any atom is 0.186 e. The van der Waals surface area contributed by atoms with Gasteiger partial charge in [0.1, 0.15) is 0 Å². The fraction of sp³-hybridized carbons (Fsp3) is 0.459. The molecule has 1 aliphatic heterocycles. The predicted molar refractivity (Wildman–Crippen MR) is 166 cm³/mol. The summed E-state index contributed by atoms with van der Waals surface area (Å²) in [5, 5.41) is 0. The molecule has 1 fully saturated rings. The van der Waals surface area contributed by atoms with E-state index in [1.165, 1.54) is 50.7 Å². The Morgan fingerprint density at radius 3 is 1.84 bits per heavy atom. The van der Waals surface area contributed by atoms with Gasteiger partial charge in [-0.2, -0.15) is 0 Å². The second kappa shape index (κ2) is 16.8. The maximum absolute atomic E-state index is 15.2. The first-order valence-electron chi connectivity index (χ1n) is 15.9. The number of benzene rings is 3. The number of hydrogen-bond acceptors (Lipinski definition) is 2. The third-order valence-corrected chi connectivity index (χ3v) is 8.18. The first kappa shape index (κ1) is 32.9. The molecule has 0 N–H and O–H groups in total. The fourth-order valence-corrected chi connectivity index (χ4v) is 5.54. The summed E-state index contributed by atoms with van der Waals surface area (Å²) in [6.07, 6.45) is 14.8. The molecule has 1 saturated heterocycles. The summed E-state index contributed by atoms with van der Waals surface area (Å²) >= 11 is 0. The van der Waals surface area contributed by atoms with Crippen molar-refractivity contribution in [1.29, 1.82) is 0 Å². The van der Waals surface area contributed by atoms with E-state index in [-0.39, 0.29) is 28.2 Å². The summed E-state index contributed by atoms with van der Waals surface area (Å²) in [7, 11) is 0. The van der Waals surface area contributed by atoms with Crippen LogP contribution in [0.5, 0.6) is 0 Å². The summed E-state index contributed by atoms with van der Waals surface area (Å²) < 4.78 is 71.6. The lowest BCUT2D eigenvalue weighted by Crippen LogP contribution is -2.27. The molecule has 0 aromatic heterocycles. The van der Waals surface area contributed by atoms with E-state index in [1.807, 2.05) is 12.2 Å². The summed E-state index contributed by atoms with van der Waals surface area (Å²) in [4.78, 5) is 0. The molecule has 0 bridgehead atoms. The highest BCUT2D eigenvalue weighted by Crippen LogP contribution is 2.35. The molecule has 232 valence electrons.